The van der Waals surface area contributed by atoms with Crippen molar-refractivity contribution in [3.05, 3.63) is 67.1 Å². The van der Waals surface area contributed by atoms with Crippen molar-refractivity contribution in [2.24, 2.45) is 13.0 Å². The molecule has 1 fully saturated rings. The van der Waals surface area contributed by atoms with Crippen LogP contribution in [-0.4, -0.2) is 38.7 Å². The number of nitrogens with two attached hydrogens (primary N) is 1. The van der Waals surface area contributed by atoms with Gasteiger partial charge in [-0.3, -0.25) is 18.8 Å². The topological polar surface area (TPSA) is 95.4 Å². The van der Waals surface area contributed by atoms with Gasteiger partial charge in [-0.25, -0.2) is 9.78 Å². The number of nitrogens with zero attached hydrogens (tertiary/aromatic N) is 4. The number of nitrogen functional groups attached to an aromatic ring is 1. The molecule has 1 aromatic carbocycles. The Morgan fingerprint density at radius 3 is 2.72 bits per heavy atom. The maximum Gasteiger partial charge on any atom is 0.332 e. The van der Waals surface area contributed by atoms with Crippen LogP contribution in [0.5, 0.6) is 0 Å². The Balaban J connectivity index is 1.61. The highest BCUT2D eigenvalue weighted by molar-refractivity contribution is 7.10. The van der Waals surface area contributed by atoms with Crippen LogP contribution >= 0.6 is 11.3 Å². The molecule has 4 rings (SSSR count). The van der Waals surface area contributed by atoms with E-state index >= 15 is 0 Å². The second kappa shape index (κ2) is 9.40. The molecule has 1 saturated heterocycles. The van der Waals surface area contributed by atoms with Gasteiger partial charge in [-0.1, -0.05) is 44.2 Å². The molecule has 8 nitrogen and oxygen atoms in total. The Hall–Kier alpha value is -2.75. The number of benzene rings is 1. The molecule has 1 aliphatic rings. The third kappa shape index (κ3) is 4.55. The van der Waals surface area contributed by atoms with Crippen molar-refractivity contribution in [1.29, 1.82) is 0 Å². The summed E-state index contributed by atoms with van der Waals surface area (Å²) < 4.78 is 8.56. The fourth-order valence-electron chi connectivity index (χ4n) is 3.95. The van der Waals surface area contributed by atoms with E-state index in [0.717, 1.165) is 29.2 Å². The first-order chi connectivity index (χ1) is 15.3. The third-order valence-electron chi connectivity index (χ3n) is 5.58. The van der Waals surface area contributed by atoms with Crippen molar-refractivity contribution in [3.8, 4) is 11.3 Å². The molecule has 0 spiro atoms. The molecule has 2 N–H and O–H groups in total. The lowest BCUT2D eigenvalue weighted by Crippen LogP contribution is -2.41. The van der Waals surface area contributed by atoms with Crippen LogP contribution < -0.4 is 17.0 Å². The number of thiazole rings is 1. The molecular weight excluding hydrogens is 426 g/mol. The fraction of sp³-hybridized carbons (Fsp3) is 0.435. The summed E-state index contributed by atoms with van der Waals surface area (Å²) in [4.78, 5) is 32.5. The zero-order chi connectivity index (χ0) is 22.8. The van der Waals surface area contributed by atoms with Gasteiger partial charge in [0.1, 0.15) is 22.5 Å². The van der Waals surface area contributed by atoms with Gasteiger partial charge in [-0.15, -0.1) is 11.3 Å². The molecule has 32 heavy (non-hydrogen) atoms. The molecule has 2 aromatic heterocycles. The summed E-state index contributed by atoms with van der Waals surface area (Å²) in [5.74, 6) is 0.372. The molecule has 0 aliphatic carbocycles. The molecule has 9 heteroatoms. The number of hydrogen-bond acceptors (Lipinski definition) is 7. The second-order valence-corrected chi connectivity index (χ2v) is 9.45. The molecule has 170 valence electrons. The quantitative estimate of drug-likeness (QED) is 0.614. The van der Waals surface area contributed by atoms with E-state index in [1.165, 1.54) is 28.5 Å². The zero-order valence-electron chi connectivity index (χ0n) is 18.7. The van der Waals surface area contributed by atoms with Crippen molar-refractivity contribution in [3.63, 3.8) is 0 Å². The summed E-state index contributed by atoms with van der Waals surface area (Å²) in [7, 11) is 1.48. The Morgan fingerprint density at radius 2 is 2.00 bits per heavy atom. The van der Waals surface area contributed by atoms with Crippen molar-refractivity contribution in [1.82, 2.24) is 19.0 Å². The summed E-state index contributed by atoms with van der Waals surface area (Å²) in [6, 6.07) is 10.4. The van der Waals surface area contributed by atoms with Crippen LogP contribution in [0.1, 0.15) is 30.5 Å². The van der Waals surface area contributed by atoms with Gasteiger partial charge in [0, 0.05) is 38.6 Å². The number of aromatic nitrogens is 3. The van der Waals surface area contributed by atoms with Gasteiger partial charge in [0.15, 0.2) is 0 Å². The van der Waals surface area contributed by atoms with Crippen LogP contribution in [0.2, 0.25) is 0 Å². The molecule has 0 radical (unpaired) electrons. The summed E-state index contributed by atoms with van der Waals surface area (Å²) in [6.07, 6.45) is -0.169. The monoisotopic (exact) mass is 455 g/mol. The number of rotatable bonds is 6. The molecular formula is C23H29N5O3S. The standard InChI is InChI=1S/C23H29N5O3S/c1-15(2)11-28-20(24)19(22(29)26(3)23(28)30)17-14-32-21(25-17)18-13-27(9-10-31-18)12-16-7-5-4-6-8-16/h4-8,14-15,18H,9-13,24H2,1-3H3. The average Bonchev–Trinajstić information content (AvgIpc) is 3.26. The zero-order valence-corrected chi connectivity index (χ0v) is 19.5. The minimum absolute atomic E-state index is 0.166. The smallest absolute Gasteiger partial charge is 0.332 e. The van der Waals surface area contributed by atoms with E-state index in [4.69, 9.17) is 15.5 Å². The van der Waals surface area contributed by atoms with Gasteiger partial charge in [-0.2, -0.15) is 0 Å². The lowest BCUT2D eigenvalue weighted by Gasteiger charge is -2.32. The van der Waals surface area contributed by atoms with Crippen LogP contribution in [0.15, 0.2) is 45.3 Å². The molecule has 0 saturated carbocycles. The molecule has 1 unspecified atom stereocenters. The largest absolute Gasteiger partial charge is 0.384 e. The predicted octanol–water partition coefficient (Wildman–Crippen LogP) is 2.48. The van der Waals surface area contributed by atoms with Gasteiger partial charge >= 0.3 is 5.69 Å². The van der Waals surface area contributed by atoms with Crippen LogP contribution in [-0.2, 0) is 24.9 Å². The maximum atomic E-state index is 12.9. The fourth-order valence-corrected chi connectivity index (χ4v) is 4.80. The molecule has 0 amide bonds. The van der Waals surface area contributed by atoms with Gasteiger partial charge in [-0.05, 0) is 11.5 Å². The first-order valence-corrected chi connectivity index (χ1v) is 11.7. The lowest BCUT2D eigenvalue weighted by molar-refractivity contribution is -0.0329. The van der Waals surface area contributed by atoms with Gasteiger partial charge < -0.3 is 10.5 Å². The Bertz CT molecular complexity index is 1200. The second-order valence-electron chi connectivity index (χ2n) is 8.56. The van der Waals surface area contributed by atoms with E-state index < -0.39 is 11.2 Å². The van der Waals surface area contributed by atoms with Crippen LogP contribution in [0, 0.1) is 5.92 Å². The van der Waals surface area contributed by atoms with E-state index in [9.17, 15) is 9.59 Å². The highest BCUT2D eigenvalue weighted by Crippen LogP contribution is 2.30. The molecule has 0 bridgehead atoms. The van der Waals surface area contributed by atoms with E-state index in [-0.39, 0.29) is 23.4 Å². The Kier molecular flexibility index (Phi) is 6.59. The van der Waals surface area contributed by atoms with E-state index in [1.54, 1.807) is 0 Å². The Morgan fingerprint density at radius 1 is 1.25 bits per heavy atom. The minimum atomic E-state index is -0.431. The van der Waals surface area contributed by atoms with Gasteiger partial charge in [0.2, 0.25) is 0 Å². The van der Waals surface area contributed by atoms with Crippen LogP contribution in [0.3, 0.4) is 0 Å². The average molecular weight is 456 g/mol. The summed E-state index contributed by atoms with van der Waals surface area (Å²) >= 11 is 1.45. The van der Waals surface area contributed by atoms with Crippen LogP contribution in [0.4, 0.5) is 5.82 Å². The first kappa shape index (κ1) is 22.4. The van der Waals surface area contributed by atoms with Crippen molar-refractivity contribution >= 4 is 17.2 Å². The Labute approximate surface area is 190 Å². The molecule has 3 aromatic rings. The lowest BCUT2D eigenvalue weighted by atomic mass is 10.2. The normalized spacial score (nSPS) is 17.2. The summed E-state index contributed by atoms with van der Waals surface area (Å²) in [6.45, 7) is 7.49. The third-order valence-corrected chi connectivity index (χ3v) is 6.52. The van der Waals surface area contributed by atoms with Crippen molar-refractivity contribution in [2.75, 3.05) is 25.4 Å². The van der Waals surface area contributed by atoms with Crippen molar-refractivity contribution in [2.45, 2.75) is 33.0 Å². The SMILES string of the molecule is CC(C)Cn1c(N)c(-c2csc(C3CN(Cc4ccccc4)CCO3)n2)c(=O)n(C)c1=O. The first-order valence-electron chi connectivity index (χ1n) is 10.8. The van der Waals surface area contributed by atoms with E-state index in [0.29, 0.717) is 18.8 Å². The maximum absolute atomic E-state index is 12.9. The highest BCUT2D eigenvalue weighted by Gasteiger charge is 2.26. The van der Waals surface area contributed by atoms with E-state index in [1.807, 2.05) is 37.4 Å². The number of hydrogen-bond donors (Lipinski definition) is 1. The van der Waals surface area contributed by atoms with Gasteiger partial charge in [0.25, 0.3) is 5.56 Å². The van der Waals surface area contributed by atoms with Crippen LogP contribution in [0.25, 0.3) is 11.3 Å². The number of morpholine rings is 1. The number of ether oxygens (including phenoxy) is 1. The minimum Gasteiger partial charge on any atom is -0.384 e. The van der Waals surface area contributed by atoms with Crippen molar-refractivity contribution < 1.29 is 4.74 Å². The molecule has 1 atom stereocenters. The summed E-state index contributed by atoms with van der Waals surface area (Å²) in [5.41, 5.74) is 7.49. The van der Waals surface area contributed by atoms with Gasteiger partial charge in [0.05, 0.1) is 12.3 Å². The van der Waals surface area contributed by atoms with E-state index in [2.05, 4.69) is 17.0 Å². The number of anilines is 1. The molecule has 3 heterocycles. The highest BCUT2D eigenvalue weighted by atomic mass is 32.1. The summed E-state index contributed by atoms with van der Waals surface area (Å²) in [5, 5.41) is 2.63. The predicted molar refractivity (Wildman–Crippen MR) is 127 cm³/mol. The molecule has 1 aliphatic heterocycles.